The van der Waals surface area contributed by atoms with Gasteiger partial charge in [-0.2, -0.15) is 0 Å². The molecule has 3 aromatic rings. The van der Waals surface area contributed by atoms with Gasteiger partial charge in [0, 0.05) is 24.1 Å². The number of rotatable bonds is 2. The average Bonchev–Trinajstić information content (AvgIpc) is 2.87. The molecule has 144 valence electrons. The summed E-state index contributed by atoms with van der Waals surface area (Å²) in [5.41, 5.74) is 8.06. The van der Waals surface area contributed by atoms with Gasteiger partial charge in [0.2, 0.25) is 5.95 Å². The van der Waals surface area contributed by atoms with Crippen molar-refractivity contribution in [2.45, 2.75) is 12.6 Å². The number of anilines is 1. The number of nitrogens with two attached hydrogens (primary N) is 1. The molecule has 3 heterocycles. The number of aromatic nitrogens is 2. The molecule has 2 aromatic carbocycles. The quantitative estimate of drug-likeness (QED) is 0.706. The number of hydrogen-bond donors (Lipinski definition) is 2. The molecule has 9 heteroatoms. The van der Waals surface area contributed by atoms with Crippen LogP contribution in [0.25, 0.3) is 11.0 Å². The van der Waals surface area contributed by atoms with Crippen LogP contribution >= 0.6 is 0 Å². The Kier molecular flexibility index (Phi) is 3.75. The van der Waals surface area contributed by atoms with Crippen LogP contribution in [0.5, 0.6) is 17.2 Å². The molecular formula is C19H18FN5O3. The van der Waals surface area contributed by atoms with Crippen molar-refractivity contribution in [1.82, 2.24) is 9.55 Å². The number of imidazole rings is 1. The van der Waals surface area contributed by atoms with Gasteiger partial charge in [-0.3, -0.25) is 9.88 Å². The van der Waals surface area contributed by atoms with E-state index in [2.05, 4.69) is 15.3 Å². The molecule has 5 rings (SSSR count). The molecule has 0 aliphatic carbocycles. The molecular weight excluding hydrogens is 365 g/mol. The minimum absolute atomic E-state index is 0.168. The first kappa shape index (κ1) is 16.7. The second-order valence-electron chi connectivity index (χ2n) is 6.55. The smallest absolute Gasteiger partial charge is 0.212 e. The van der Waals surface area contributed by atoms with Crippen molar-refractivity contribution in [2.24, 2.45) is 10.7 Å². The third-order valence-corrected chi connectivity index (χ3v) is 4.78. The highest BCUT2D eigenvalue weighted by molar-refractivity contribution is 5.95. The summed E-state index contributed by atoms with van der Waals surface area (Å²) < 4.78 is 32.7. The van der Waals surface area contributed by atoms with E-state index >= 15 is 0 Å². The number of guanidine groups is 1. The zero-order valence-corrected chi connectivity index (χ0v) is 15.1. The van der Waals surface area contributed by atoms with E-state index in [4.69, 9.17) is 19.9 Å². The van der Waals surface area contributed by atoms with Crippen molar-refractivity contribution in [2.75, 3.05) is 25.6 Å². The normalized spacial score (nSPS) is 18.1. The van der Waals surface area contributed by atoms with E-state index in [1.165, 1.54) is 13.2 Å². The Morgan fingerprint density at radius 3 is 2.75 bits per heavy atom. The molecule has 3 N–H and O–H groups in total. The molecule has 28 heavy (non-hydrogen) atoms. The van der Waals surface area contributed by atoms with Crippen LogP contribution in [0.2, 0.25) is 0 Å². The minimum atomic E-state index is -0.577. The zero-order chi connectivity index (χ0) is 19.3. The predicted molar refractivity (Wildman–Crippen MR) is 102 cm³/mol. The van der Waals surface area contributed by atoms with Gasteiger partial charge in [0.15, 0.2) is 35.2 Å². The minimum Gasteiger partial charge on any atom is -0.494 e. The van der Waals surface area contributed by atoms with Gasteiger partial charge in [0.1, 0.15) is 0 Å². The Balaban J connectivity index is 1.68. The number of benzene rings is 2. The SMILES string of the molecule is COc1ccc([C@@H]2N=C(N)Nc3nc4cc5c(cc4n32)OCCCO5)cc1F. The van der Waals surface area contributed by atoms with E-state index in [0.717, 1.165) is 11.9 Å². The van der Waals surface area contributed by atoms with E-state index in [-0.39, 0.29) is 11.7 Å². The van der Waals surface area contributed by atoms with Crippen molar-refractivity contribution in [3.63, 3.8) is 0 Å². The third-order valence-electron chi connectivity index (χ3n) is 4.78. The molecule has 0 amide bonds. The lowest BCUT2D eigenvalue weighted by molar-refractivity contribution is 0.297. The Bertz CT molecular complexity index is 1110. The molecule has 0 fully saturated rings. The van der Waals surface area contributed by atoms with Crippen molar-refractivity contribution in [1.29, 1.82) is 0 Å². The molecule has 1 aromatic heterocycles. The first-order valence-electron chi connectivity index (χ1n) is 8.89. The van der Waals surface area contributed by atoms with E-state index < -0.39 is 12.0 Å². The van der Waals surface area contributed by atoms with Crippen molar-refractivity contribution < 1.29 is 18.6 Å². The summed E-state index contributed by atoms with van der Waals surface area (Å²) in [5, 5.41) is 2.97. The van der Waals surface area contributed by atoms with Crippen molar-refractivity contribution in [3.8, 4) is 17.2 Å². The maximum absolute atomic E-state index is 14.3. The van der Waals surface area contributed by atoms with Crippen molar-refractivity contribution >= 4 is 22.9 Å². The van der Waals surface area contributed by atoms with E-state index in [0.29, 0.717) is 41.7 Å². The zero-order valence-electron chi connectivity index (χ0n) is 15.1. The number of aliphatic imine (C=N–C) groups is 1. The molecule has 2 aliphatic heterocycles. The second kappa shape index (κ2) is 6.29. The van der Waals surface area contributed by atoms with Gasteiger partial charge in [-0.05, 0) is 12.1 Å². The molecule has 0 saturated heterocycles. The lowest BCUT2D eigenvalue weighted by Crippen LogP contribution is -2.31. The van der Waals surface area contributed by atoms with Crippen LogP contribution in [0, 0.1) is 5.82 Å². The van der Waals surface area contributed by atoms with Gasteiger partial charge < -0.3 is 19.9 Å². The van der Waals surface area contributed by atoms with Gasteiger partial charge >= 0.3 is 0 Å². The van der Waals surface area contributed by atoms with Gasteiger partial charge in [-0.15, -0.1) is 0 Å². The molecule has 0 spiro atoms. The number of hydrogen-bond acceptors (Lipinski definition) is 7. The highest BCUT2D eigenvalue weighted by Crippen LogP contribution is 2.39. The molecule has 8 nitrogen and oxygen atoms in total. The molecule has 2 aliphatic rings. The Labute approximate surface area is 159 Å². The van der Waals surface area contributed by atoms with E-state index in [1.807, 2.05) is 16.7 Å². The second-order valence-corrected chi connectivity index (χ2v) is 6.55. The van der Waals surface area contributed by atoms with E-state index in [1.54, 1.807) is 12.1 Å². The third kappa shape index (κ3) is 2.58. The molecule has 0 unspecified atom stereocenters. The van der Waals surface area contributed by atoms with Crippen LogP contribution in [0.4, 0.5) is 10.3 Å². The summed E-state index contributed by atoms with van der Waals surface area (Å²) in [6, 6.07) is 8.43. The predicted octanol–water partition coefficient (Wildman–Crippen LogP) is 2.63. The molecule has 0 radical (unpaired) electrons. The number of methoxy groups -OCH3 is 1. The Morgan fingerprint density at radius 1 is 1.21 bits per heavy atom. The maximum atomic E-state index is 14.3. The number of ether oxygens (including phenoxy) is 3. The largest absolute Gasteiger partial charge is 0.494 e. The van der Waals surface area contributed by atoms with Crippen LogP contribution in [0.3, 0.4) is 0 Å². The lowest BCUT2D eigenvalue weighted by atomic mass is 10.1. The van der Waals surface area contributed by atoms with Crippen LogP contribution in [-0.4, -0.2) is 35.8 Å². The molecule has 0 saturated carbocycles. The van der Waals surface area contributed by atoms with E-state index in [9.17, 15) is 4.39 Å². The fourth-order valence-corrected chi connectivity index (χ4v) is 3.49. The standard InChI is InChI=1S/C19H18FN5O3/c1-26-14-4-3-10(7-11(14)20)17-23-18(21)24-19-22-12-8-15-16(9-13(12)25(17)19)28-6-2-5-27-15/h3-4,7-9,17H,2,5-6H2,1H3,(H3,21,22,23,24)/t17-/m1/s1. The highest BCUT2D eigenvalue weighted by Gasteiger charge is 2.27. The number of halogens is 1. The van der Waals surface area contributed by atoms with Crippen LogP contribution in [0.1, 0.15) is 18.2 Å². The van der Waals surface area contributed by atoms with Crippen LogP contribution in [0.15, 0.2) is 35.3 Å². The van der Waals surface area contributed by atoms with Gasteiger partial charge in [0.25, 0.3) is 0 Å². The molecule has 0 bridgehead atoms. The number of nitrogens with one attached hydrogen (secondary N) is 1. The topological polar surface area (TPSA) is 95.9 Å². The number of fused-ring (bicyclic) bond motifs is 4. The Morgan fingerprint density at radius 2 is 2.00 bits per heavy atom. The summed E-state index contributed by atoms with van der Waals surface area (Å²) in [6.45, 7) is 1.17. The summed E-state index contributed by atoms with van der Waals surface area (Å²) >= 11 is 0. The fraction of sp³-hybridized carbons (Fsp3) is 0.263. The monoisotopic (exact) mass is 383 g/mol. The first-order valence-corrected chi connectivity index (χ1v) is 8.89. The lowest BCUT2D eigenvalue weighted by Gasteiger charge is -2.24. The highest BCUT2D eigenvalue weighted by atomic mass is 19.1. The summed E-state index contributed by atoms with van der Waals surface area (Å²) in [4.78, 5) is 9.08. The summed E-state index contributed by atoms with van der Waals surface area (Å²) in [5.74, 6) is 1.73. The van der Waals surface area contributed by atoms with Gasteiger partial charge in [-0.25, -0.2) is 14.4 Å². The molecule has 1 atom stereocenters. The maximum Gasteiger partial charge on any atom is 0.212 e. The summed E-state index contributed by atoms with van der Waals surface area (Å²) in [6.07, 6.45) is 0.236. The van der Waals surface area contributed by atoms with Crippen molar-refractivity contribution in [3.05, 3.63) is 41.7 Å². The summed E-state index contributed by atoms with van der Waals surface area (Å²) in [7, 11) is 1.42. The van der Waals surface area contributed by atoms with Crippen LogP contribution < -0.4 is 25.3 Å². The fourth-order valence-electron chi connectivity index (χ4n) is 3.49. The Hall–Kier alpha value is -3.49. The first-order chi connectivity index (χ1) is 13.6. The average molecular weight is 383 g/mol. The van der Waals surface area contributed by atoms with Crippen LogP contribution in [-0.2, 0) is 0 Å². The van der Waals surface area contributed by atoms with Gasteiger partial charge in [0.05, 0.1) is 31.4 Å². The van der Waals surface area contributed by atoms with Gasteiger partial charge in [-0.1, -0.05) is 6.07 Å². The number of nitrogens with zero attached hydrogens (tertiary/aromatic N) is 3.